The lowest BCUT2D eigenvalue weighted by atomic mass is 9.98. The molecule has 0 fully saturated rings. The largest absolute Gasteiger partial charge is 0.502 e. The summed E-state index contributed by atoms with van der Waals surface area (Å²) in [6.07, 6.45) is 0. The Labute approximate surface area is 115 Å². The SMILES string of the molecule is COc1cc(CNCC(C)C(C)C)cc(OC)c1O. The van der Waals surface area contributed by atoms with Crippen molar-refractivity contribution in [3.8, 4) is 17.2 Å². The van der Waals surface area contributed by atoms with E-state index in [-0.39, 0.29) is 5.75 Å². The Bertz CT molecular complexity index is 379. The van der Waals surface area contributed by atoms with Crippen LogP contribution in [0, 0.1) is 11.8 Å². The van der Waals surface area contributed by atoms with Gasteiger partial charge in [0.2, 0.25) is 5.75 Å². The normalized spacial score (nSPS) is 12.5. The number of phenolic OH excluding ortho intramolecular Hbond substituents is 1. The van der Waals surface area contributed by atoms with Crippen LogP contribution in [0.4, 0.5) is 0 Å². The predicted octanol–water partition coefficient (Wildman–Crippen LogP) is 2.79. The number of rotatable bonds is 7. The van der Waals surface area contributed by atoms with Gasteiger partial charge in [-0.25, -0.2) is 0 Å². The van der Waals surface area contributed by atoms with Crippen molar-refractivity contribution >= 4 is 0 Å². The third kappa shape index (κ3) is 4.31. The zero-order valence-electron chi connectivity index (χ0n) is 12.5. The molecule has 0 spiro atoms. The van der Waals surface area contributed by atoms with E-state index in [9.17, 15) is 5.11 Å². The highest BCUT2D eigenvalue weighted by atomic mass is 16.5. The van der Waals surface area contributed by atoms with Crippen molar-refractivity contribution in [3.05, 3.63) is 17.7 Å². The molecule has 108 valence electrons. The molecule has 0 amide bonds. The van der Waals surface area contributed by atoms with E-state index in [0.29, 0.717) is 23.3 Å². The molecule has 0 bridgehead atoms. The third-order valence-corrected chi connectivity index (χ3v) is 3.47. The highest BCUT2D eigenvalue weighted by molar-refractivity contribution is 5.52. The van der Waals surface area contributed by atoms with Gasteiger partial charge in [0.05, 0.1) is 14.2 Å². The van der Waals surface area contributed by atoms with Crippen LogP contribution in [0.3, 0.4) is 0 Å². The van der Waals surface area contributed by atoms with Crippen molar-refractivity contribution < 1.29 is 14.6 Å². The molecule has 1 aromatic rings. The predicted molar refractivity (Wildman–Crippen MR) is 76.9 cm³/mol. The molecule has 4 heteroatoms. The first-order valence-electron chi connectivity index (χ1n) is 6.64. The fourth-order valence-electron chi connectivity index (χ4n) is 1.73. The maximum absolute atomic E-state index is 9.83. The van der Waals surface area contributed by atoms with Gasteiger partial charge in [-0.1, -0.05) is 20.8 Å². The lowest BCUT2D eigenvalue weighted by molar-refractivity contribution is 0.338. The van der Waals surface area contributed by atoms with Gasteiger partial charge in [-0.3, -0.25) is 0 Å². The molecule has 0 aliphatic heterocycles. The van der Waals surface area contributed by atoms with Crippen LogP contribution in [0.1, 0.15) is 26.3 Å². The van der Waals surface area contributed by atoms with Crippen molar-refractivity contribution in [3.63, 3.8) is 0 Å². The second kappa shape index (κ2) is 7.24. The molecule has 1 unspecified atom stereocenters. The number of nitrogens with one attached hydrogen (secondary N) is 1. The van der Waals surface area contributed by atoms with Gasteiger partial charge in [-0.05, 0) is 36.1 Å². The molecule has 0 heterocycles. The van der Waals surface area contributed by atoms with Crippen LogP contribution in [0.15, 0.2) is 12.1 Å². The first-order chi connectivity index (χ1) is 8.99. The molecule has 19 heavy (non-hydrogen) atoms. The molecule has 0 aromatic heterocycles. The molecular formula is C15H25NO3. The van der Waals surface area contributed by atoms with E-state index >= 15 is 0 Å². The molecule has 0 aliphatic carbocycles. The standard InChI is InChI=1S/C15H25NO3/c1-10(2)11(3)8-16-9-12-6-13(18-4)15(17)14(7-12)19-5/h6-7,10-11,16-17H,8-9H2,1-5H3. The van der Waals surface area contributed by atoms with Crippen LogP contribution < -0.4 is 14.8 Å². The molecule has 1 atom stereocenters. The number of phenols is 1. The summed E-state index contributed by atoms with van der Waals surface area (Å²) in [5, 5.41) is 13.2. The van der Waals surface area contributed by atoms with E-state index < -0.39 is 0 Å². The molecule has 0 saturated heterocycles. The molecule has 0 radical (unpaired) electrons. The van der Waals surface area contributed by atoms with Crippen LogP contribution in [0.5, 0.6) is 17.2 Å². The maximum atomic E-state index is 9.83. The van der Waals surface area contributed by atoms with Crippen LogP contribution in [-0.4, -0.2) is 25.9 Å². The van der Waals surface area contributed by atoms with E-state index in [1.165, 1.54) is 14.2 Å². The minimum Gasteiger partial charge on any atom is -0.502 e. The minimum atomic E-state index is 0.0456. The van der Waals surface area contributed by atoms with Gasteiger partial charge in [0.15, 0.2) is 11.5 Å². The lowest BCUT2D eigenvalue weighted by Crippen LogP contribution is -2.23. The van der Waals surface area contributed by atoms with E-state index in [0.717, 1.165) is 18.7 Å². The van der Waals surface area contributed by atoms with Gasteiger partial charge in [-0.2, -0.15) is 0 Å². The molecule has 1 rings (SSSR count). The number of aromatic hydroxyl groups is 1. The molecule has 4 nitrogen and oxygen atoms in total. The summed E-state index contributed by atoms with van der Waals surface area (Å²) >= 11 is 0. The monoisotopic (exact) mass is 267 g/mol. The van der Waals surface area contributed by atoms with Crippen molar-refractivity contribution in [2.75, 3.05) is 20.8 Å². The van der Waals surface area contributed by atoms with Gasteiger partial charge < -0.3 is 19.9 Å². The zero-order chi connectivity index (χ0) is 14.4. The number of benzene rings is 1. The quantitative estimate of drug-likeness (QED) is 0.797. The fourth-order valence-corrected chi connectivity index (χ4v) is 1.73. The van der Waals surface area contributed by atoms with Crippen molar-refractivity contribution in [2.24, 2.45) is 11.8 Å². The molecule has 0 aliphatic rings. The molecular weight excluding hydrogens is 242 g/mol. The highest BCUT2D eigenvalue weighted by Crippen LogP contribution is 2.36. The van der Waals surface area contributed by atoms with Gasteiger partial charge in [0.25, 0.3) is 0 Å². The number of methoxy groups -OCH3 is 2. The topological polar surface area (TPSA) is 50.7 Å². The minimum absolute atomic E-state index is 0.0456. The van der Waals surface area contributed by atoms with E-state index in [1.807, 2.05) is 12.1 Å². The Morgan fingerprint density at radius 2 is 1.63 bits per heavy atom. The summed E-state index contributed by atoms with van der Waals surface area (Å²) in [4.78, 5) is 0. The first-order valence-corrected chi connectivity index (χ1v) is 6.64. The van der Waals surface area contributed by atoms with Gasteiger partial charge in [0.1, 0.15) is 0 Å². The second-order valence-corrected chi connectivity index (χ2v) is 5.20. The van der Waals surface area contributed by atoms with E-state index in [4.69, 9.17) is 9.47 Å². The van der Waals surface area contributed by atoms with Crippen molar-refractivity contribution in [1.82, 2.24) is 5.32 Å². The lowest BCUT2D eigenvalue weighted by Gasteiger charge is -2.17. The molecule has 2 N–H and O–H groups in total. The Morgan fingerprint density at radius 3 is 2.05 bits per heavy atom. The van der Waals surface area contributed by atoms with Crippen molar-refractivity contribution in [2.45, 2.75) is 27.3 Å². The van der Waals surface area contributed by atoms with Gasteiger partial charge in [0, 0.05) is 6.54 Å². The smallest absolute Gasteiger partial charge is 0.200 e. The summed E-state index contributed by atoms with van der Waals surface area (Å²) in [6, 6.07) is 3.65. The molecule has 1 aromatic carbocycles. The van der Waals surface area contributed by atoms with E-state index in [1.54, 1.807) is 0 Å². The Balaban J connectivity index is 2.68. The van der Waals surface area contributed by atoms with Crippen LogP contribution in [0.25, 0.3) is 0 Å². The Kier molecular flexibility index (Phi) is 5.96. The van der Waals surface area contributed by atoms with Gasteiger partial charge >= 0.3 is 0 Å². The van der Waals surface area contributed by atoms with Crippen LogP contribution >= 0.6 is 0 Å². The maximum Gasteiger partial charge on any atom is 0.200 e. The summed E-state index contributed by atoms with van der Waals surface area (Å²) in [5.74, 6) is 2.21. The summed E-state index contributed by atoms with van der Waals surface area (Å²) in [6.45, 7) is 8.36. The van der Waals surface area contributed by atoms with Crippen molar-refractivity contribution in [1.29, 1.82) is 0 Å². The highest BCUT2D eigenvalue weighted by Gasteiger charge is 2.11. The average molecular weight is 267 g/mol. The average Bonchev–Trinajstić information content (AvgIpc) is 2.39. The van der Waals surface area contributed by atoms with Gasteiger partial charge in [-0.15, -0.1) is 0 Å². The third-order valence-electron chi connectivity index (χ3n) is 3.47. The Hall–Kier alpha value is -1.42. The van der Waals surface area contributed by atoms with Crippen LogP contribution in [0.2, 0.25) is 0 Å². The number of hydrogen-bond acceptors (Lipinski definition) is 4. The fraction of sp³-hybridized carbons (Fsp3) is 0.600. The number of ether oxygens (including phenoxy) is 2. The summed E-state index contributed by atoms with van der Waals surface area (Å²) in [7, 11) is 3.07. The second-order valence-electron chi connectivity index (χ2n) is 5.20. The summed E-state index contributed by atoms with van der Waals surface area (Å²) in [5.41, 5.74) is 1.03. The Morgan fingerprint density at radius 1 is 1.11 bits per heavy atom. The first kappa shape index (κ1) is 15.6. The van der Waals surface area contributed by atoms with E-state index in [2.05, 4.69) is 26.1 Å². The summed E-state index contributed by atoms with van der Waals surface area (Å²) < 4.78 is 10.3. The number of hydrogen-bond donors (Lipinski definition) is 2. The zero-order valence-corrected chi connectivity index (χ0v) is 12.5. The van der Waals surface area contributed by atoms with Crippen LogP contribution in [-0.2, 0) is 6.54 Å². The molecule has 0 saturated carbocycles.